The fraction of sp³-hybridized carbons (Fsp3) is 0.300. The Morgan fingerprint density at radius 1 is 0.909 bits per heavy atom. The molecule has 3 heterocycles. The van der Waals surface area contributed by atoms with Gasteiger partial charge < -0.3 is 35.1 Å². The van der Waals surface area contributed by atoms with E-state index < -0.39 is 18.0 Å². The molecule has 3 aromatic carbocycles. The molecule has 6 rings (SSSR count). The molecule has 286 valence electrons. The third-order valence-electron chi connectivity index (χ3n) is 9.05. The molecular weight excluding hydrogens is 728 g/mol. The van der Waals surface area contributed by atoms with Gasteiger partial charge in [0.05, 0.1) is 19.8 Å². The van der Waals surface area contributed by atoms with Crippen molar-refractivity contribution in [3.63, 3.8) is 0 Å². The number of imide groups is 1. The van der Waals surface area contributed by atoms with E-state index in [9.17, 15) is 24.0 Å². The normalized spacial score (nSPS) is 15.0. The van der Waals surface area contributed by atoms with Crippen LogP contribution in [0.5, 0.6) is 11.5 Å². The zero-order valence-electron chi connectivity index (χ0n) is 30.2. The molecule has 14 nitrogen and oxygen atoms in total. The first-order chi connectivity index (χ1) is 26.6. The van der Waals surface area contributed by atoms with Gasteiger partial charge in [0.25, 0.3) is 11.8 Å². The average molecular weight is 769 g/mol. The number of carbonyl (C=O) groups is 5. The van der Waals surface area contributed by atoms with Crippen molar-refractivity contribution in [3.05, 3.63) is 112 Å². The lowest BCUT2D eigenvalue weighted by Crippen LogP contribution is -2.52. The maximum Gasteiger partial charge on any atom is 0.323 e. The summed E-state index contributed by atoms with van der Waals surface area (Å²) in [5.74, 6) is -0.360. The Kier molecular flexibility index (Phi) is 13.1. The first-order valence-electron chi connectivity index (χ1n) is 17.9. The molecule has 4 N–H and O–H groups in total. The number of hydrogen-bond acceptors (Lipinski definition) is 9. The van der Waals surface area contributed by atoms with Crippen LogP contribution in [0.1, 0.15) is 56.8 Å². The standard InChI is InChI=1S/C40H41ClN6O8/c1-25-22-28(9-12-33(25)41)45-40(52)44-27-7-10-29(11-8-27)55-30-15-16-42-34(23-30)37(49)43-17-19-54-21-20-53-18-3-5-26-4-2-6-31-32(26)24-47(39(31)51)35-13-14-36(48)46-38(35)50/h2,4,6-12,15-16,22-23,35H,3,5,13-14,17-21,24H2,1H3,(H,43,49)(H2,44,45,52)(H,46,48,50). The number of pyridine rings is 1. The van der Waals surface area contributed by atoms with Crippen molar-refractivity contribution in [2.45, 2.75) is 45.2 Å². The number of amides is 6. The van der Waals surface area contributed by atoms with Crippen molar-refractivity contribution in [2.75, 3.05) is 43.6 Å². The number of nitrogens with zero attached hydrogens (tertiary/aromatic N) is 2. The first-order valence-corrected chi connectivity index (χ1v) is 18.3. The van der Waals surface area contributed by atoms with Gasteiger partial charge in [0.15, 0.2) is 0 Å². The van der Waals surface area contributed by atoms with Crippen LogP contribution in [-0.2, 0) is 32.0 Å². The van der Waals surface area contributed by atoms with Gasteiger partial charge in [-0.05, 0) is 97.5 Å². The lowest BCUT2D eigenvalue weighted by molar-refractivity contribution is -0.136. The molecule has 1 atom stereocenters. The maximum absolute atomic E-state index is 13.0. The van der Waals surface area contributed by atoms with Crippen molar-refractivity contribution < 1.29 is 38.2 Å². The monoisotopic (exact) mass is 768 g/mol. The molecule has 0 bridgehead atoms. The Balaban J connectivity index is 0.841. The van der Waals surface area contributed by atoms with E-state index in [-0.39, 0.29) is 43.0 Å². The molecule has 0 radical (unpaired) electrons. The molecule has 4 aromatic rings. The van der Waals surface area contributed by atoms with Crippen LogP contribution in [0.4, 0.5) is 16.2 Å². The highest BCUT2D eigenvalue weighted by Crippen LogP contribution is 2.30. The van der Waals surface area contributed by atoms with Crippen LogP contribution in [-0.4, -0.2) is 78.6 Å². The molecule has 1 saturated heterocycles. The van der Waals surface area contributed by atoms with E-state index in [2.05, 4.69) is 26.3 Å². The van der Waals surface area contributed by atoms with Crippen molar-refractivity contribution in [1.29, 1.82) is 0 Å². The third-order valence-corrected chi connectivity index (χ3v) is 9.47. The predicted molar refractivity (Wildman–Crippen MR) is 204 cm³/mol. The summed E-state index contributed by atoms with van der Waals surface area (Å²) in [5.41, 5.74) is 4.79. The van der Waals surface area contributed by atoms with Crippen molar-refractivity contribution >= 4 is 52.6 Å². The summed E-state index contributed by atoms with van der Waals surface area (Å²) in [4.78, 5) is 67.7. The number of piperidine rings is 1. The Bertz CT molecular complexity index is 2060. The number of aromatic nitrogens is 1. The molecule has 6 amide bonds. The SMILES string of the molecule is Cc1cc(NC(=O)Nc2ccc(Oc3ccnc(C(=O)NCCOCCOCCCc4cccc5c4CN(C4CCC(=O)NC4=O)C5=O)c3)cc2)ccc1Cl. The summed E-state index contributed by atoms with van der Waals surface area (Å²) in [6, 6.07) is 19.8. The van der Waals surface area contributed by atoms with E-state index in [4.69, 9.17) is 25.8 Å². The second-order valence-corrected chi connectivity index (χ2v) is 13.4. The molecule has 1 unspecified atom stereocenters. The van der Waals surface area contributed by atoms with Crippen LogP contribution in [0.25, 0.3) is 0 Å². The Morgan fingerprint density at radius 2 is 1.67 bits per heavy atom. The smallest absolute Gasteiger partial charge is 0.323 e. The second-order valence-electron chi connectivity index (χ2n) is 13.0. The van der Waals surface area contributed by atoms with Crippen LogP contribution in [0.2, 0.25) is 5.02 Å². The van der Waals surface area contributed by atoms with Crippen LogP contribution in [0, 0.1) is 6.92 Å². The Labute approximate surface area is 322 Å². The first kappa shape index (κ1) is 38.9. The van der Waals surface area contributed by atoms with Crippen LogP contribution < -0.4 is 26.0 Å². The minimum absolute atomic E-state index is 0.183. The van der Waals surface area contributed by atoms with Crippen LogP contribution >= 0.6 is 11.6 Å². The van der Waals surface area contributed by atoms with Crippen LogP contribution in [0.3, 0.4) is 0 Å². The minimum atomic E-state index is -0.639. The van der Waals surface area contributed by atoms with Crippen LogP contribution in [0.15, 0.2) is 79.0 Å². The summed E-state index contributed by atoms with van der Waals surface area (Å²) in [6.07, 6.45) is 3.48. The summed E-state index contributed by atoms with van der Waals surface area (Å²) in [5, 5.41) is 11.3. The van der Waals surface area contributed by atoms with Gasteiger partial charge in [-0.3, -0.25) is 29.5 Å². The van der Waals surface area contributed by atoms with Crippen molar-refractivity contribution in [2.24, 2.45) is 0 Å². The maximum atomic E-state index is 13.0. The number of urea groups is 1. The van der Waals surface area contributed by atoms with E-state index in [0.717, 1.165) is 23.1 Å². The number of benzene rings is 3. The highest BCUT2D eigenvalue weighted by molar-refractivity contribution is 6.31. The molecule has 1 aromatic heterocycles. The molecule has 0 aliphatic carbocycles. The third kappa shape index (κ3) is 10.4. The fourth-order valence-electron chi connectivity index (χ4n) is 6.26. The van der Waals surface area contributed by atoms with Gasteiger partial charge in [-0.2, -0.15) is 0 Å². The van der Waals surface area contributed by atoms with E-state index in [1.807, 2.05) is 19.1 Å². The van der Waals surface area contributed by atoms with Gasteiger partial charge in [-0.15, -0.1) is 0 Å². The molecule has 2 aliphatic heterocycles. The van der Waals surface area contributed by atoms with E-state index in [1.54, 1.807) is 59.5 Å². The fourth-order valence-corrected chi connectivity index (χ4v) is 6.37. The number of nitrogens with one attached hydrogen (secondary N) is 4. The van der Waals surface area contributed by atoms with Gasteiger partial charge in [0, 0.05) is 60.3 Å². The number of rotatable bonds is 16. The Morgan fingerprint density at radius 3 is 2.45 bits per heavy atom. The van der Waals surface area contributed by atoms with Crippen molar-refractivity contribution in [1.82, 2.24) is 20.5 Å². The van der Waals surface area contributed by atoms with Crippen molar-refractivity contribution in [3.8, 4) is 11.5 Å². The van der Waals surface area contributed by atoms with Gasteiger partial charge in [-0.1, -0.05) is 23.7 Å². The lowest BCUT2D eigenvalue weighted by Gasteiger charge is -2.29. The second kappa shape index (κ2) is 18.5. The molecule has 0 spiro atoms. The number of fused-ring (bicyclic) bond motifs is 1. The summed E-state index contributed by atoms with van der Waals surface area (Å²) in [6.45, 7) is 4.01. The Hall–Kier alpha value is -5.83. The zero-order valence-corrected chi connectivity index (χ0v) is 30.9. The molecule has 0 saturated carbocycles. The number of carbonyl (C=O) groups excluding carboxylic acids is 5. The summed E-state index contributed by atoms with van der Waals surface area (Å²) < 4.78 is 17.2. The van der Waals surface area contributed by atoms with E-state index in [0.29, 0.717) is 72.7 Å². The topological polar surface area (TPSA) is 177 Å². The number of halogens is 1. The molecular formula is C40H41ClN6O8. The van der Waals surface area contributed by atoms with Gasteiger partial charge >= 0.3 is 6.03 Å². The van der Waals surface area contributed by atoms with E-state index >= 15 is 0 Å². The average Bonchev–Trinajstić information content (AvgIpc) is 3.51. The molecule has 55 heavy (non-hydrogen) atoms. The highest BCUT2D eigenvalue weighted by Gasteiger charge is 2.39. The van der Waals surface area contributed by atoms with Gasteiger partial charge in [-0.25, -0.2) is 4.79 Å². The highest BCUT2D eigenvalue weighted by atomic mass is 35.5. The van der Waals surface area contributed by atoms with E-state index in [1.165, 1.54) is 12.3 Å². The molecule has 1 fully saturated rings. The number of anilines is 2. The quantitative estimate of drug-likeness (QED) is 0.0831. The minimum Gasteiger partial charge on any atom is -0.457 e. The largest absolute Gasteiger partial charge is 0.457 e. The summed E-state index contributed by atoms with van der Waals surface area (Å²) in [7, 11) is 0. The predicted octanol–water partition coefficient (Wildman–Crippen LogP) is 5.64. The molecule has 2 aliphatic rings. The number of aryl methyl sites for hydroxylation is 2. The van der Waals surface area contributed by atoms with Gasteiger partial charge in [0.1, 0.15) is 23.2 Å². The number of hydrogen-bond donors (Lipinski definition) is 4. The number of ether oxygens (including phenoxy) is 3. The molecule has 15 heteroatoms. The summed E-state index contributed by atoms with van der Waals surface area (Å²) >= 11 is 6.05. The van der Waals surface area contributed by atoms with Gasteiger partial charge in [0.2, 0.25) is 11.8 Å². The lowest BCUT2D eigenvalue weighted by atomic mass is 10.00. The zero-order chi connectivity index (χ0) is 38.7.